The molecule has 1 saturated heterocycles. The molecular formula is C13H16ClNO3. The van der Waals surface area contributed by atoms with Gasteiger partial charge in [0, 0.05) is 13.1 Å². The van der Waals surface area contributed by atoms with Crippen molar-refractivity contribution in [3.05, 3.63) is 28.8 Å². The van der Waals surface area contributed by atoms with Gasteiger partial charge in [-0.2, -0.15) is 0 Å². The van der Waals surface area contributed by atoms with Gasteiger partial charge in [-0.1, -0.05) is 17.7 Å². The minimum atomic E-state index is -0.998. The summed E-state index contributed by atoms with van der Waals surface area (Å²) in [6.45, 7) is 5.30. The molecule has 4 nitrogen and oxygen atoms in total. The zero-order valence-electron chi connectivity index (χ0n) is 10.4. The third kappa shape index (κ3) is 2.60. The van der Waals surface area contributed by atoms with Crippen molar-refractivity contribution in [2.24, 2.45) is 0 Å². The van der Waals surface area contributed by atoms with Crippen molar-refractivity contribution in [1.29, 1.82) is 0 Å². The van der Waals surface area contributed by atoms with E-state index in [0.29, 0.717) is 18.8 Å². The van der Waals surface area contributed by atoms with Crippen LogP contribution in [0.3, 0.4) is 0 Å². The summed E-state index contributed by atoms with van der Waals surface area (Å²) in [7, 11) is 0. The zero-order valence-corrected chi connectivity index (χ0v) is 11.1. The van der Waals surface area contributed by atoms with E-state index in [2.05, 4.69) is 0 Å². The summed E-state index contributed by atoms with van der Waals surface area (Å²) in [6.07, 6.45) is 0.156. The van der Waals surface area contributed by atoms with Gasteiger partial charge in [0.2, 0.25) is 0 Å². The van der Waals surface area contributed by atoms with Crippen molar-refractivity contribution in [3.8, 4) is 0 Å². The fraction of sp³-hybridized carbons (Fsp3) is 0.462. The van der Waals surface area contributed by atoms with Gasteiger partial charge in [-0.05, 0) is 26.0 Å². The van der Waals surface area contributed by atoms with Crippen LogP contribution < -0.4 is 4.90 Å². The van der Waals surface area contributed by atoms with Gasteiger partial charge in [-0.15, -0.1) is 0 Å². The maximum Gasteiger partial charge on any atom is 0.339 e. The number of carboxylic acid groups (broad SMARTS) is 1. The first-order valence-corrected chi connectivity index (χ1v) is 6.29. The van der Waals surface area contributed by atoms with Crippen molar-refractivity contribution in [2.75, 3.05) is 18.0 Å². The maximum atomic E-state index is 11.3. The molecule has 1 N–H and O–H groups in total. The molecule has 0 spiro atoms. The molecule has 0 aromatic heterocycles. The number of hydrogen-bond donors (Lipinski definition) is 1. The van der Waals surface area contributed by atoms with E-state index < -0.39 is 5.97 Å². The Bertz CT molecular complexity index is 454. The highest BCUT2D eigenvalue weighted by atomic mass is 35.5. The van der Waals surface area contributed by atoms with E-state index in [1.54, 1.807) is 18.2 Å². The van der Waals surface area contributed by atoms with Gasteiger partial charge in [0.05, 0.1) is 22.9 Å². The molecule has 1 aliphatic heterocycles. The van der Waals surface area contributed by atoms with Gasteiger partial charge >= 0.3 is 5.97 Å². The second-order valence-corrected chi connectivity index (χ2v) is 5.01. The van der Waals surface area contributed by atoms with Crippen LogP contribution in [-0.2, 0) is 4.74 Å². The molecule has 18 heavy (non-hydrogen) atoms. The van der Waals surface area contributed by atoms with Gasteiger partial charge in [0.25, 0.3) is 0 Å². The summed E-state index contributed by atoms with van der Waals surface area (Å²) in [5, 5.41) is 9.54. The molecule has 98 valence electrons. The minimum Gasteiger partial charge on any atom is -0.478 e. The molecule has 1 fully saturated rings. The summed E-state index contributed by atoms with van der Waals surface area (Å²) in [4.78, 5) is 13.3. The van der Waals surface area contributed by atoms with Crippen molar-refractivity contribution in [1.82, 2.24) is 0 Å². The quantitative estimate of drug-likeness (QED) is 0.897. The van der Waals surface area contributed by atoms with E-state index in [4.69, 9.17) is 16.3 Å². The monoisotopic (exact) mass is 269 g/mol. The lowest BCUT2D eigenvalue weighted by Crippen LogP contribution is -2.46. The Hall–Kier alpha value is -1.26. The molecular weight excluding hydrogens is 254 g/mol. The molecule has 1 aliphatic rings. The van der Waals surface area contributed by atoms with E-state index in [1.165, 1.54) is 0 Å². The van der Waals surface area contributed by atoms with Crippen LogP contribution in [0, 0.1) is 0 Å². The second-order valence-electron chi connectivity index (χ2n) is 4.60. The highest BCUT2D eigenvalue weighted by Crippen LogP contribution is 2.29. The Morgan fingerprint density at radius 2 is 2.00 bits per heavy atom. The maximum absolute atomic E-state index is 11.3. The SMILES string of the molecule is C[C@@H]1CN(c2cccc(Cl)c2C(=O)O)C[C@H](C)O1. The van der Waals surface area contributed by atoms with E-state index >= 15 is 0 Å². The summed E-state index contributed by atoms with van der Waals surface area (Å²) < 4.78 is 5.65. The molecule has 0 unspecified atom stereocenters. The highest BCUT2D eigenvalue weighted by molar-refractivity contribution is 6.34. The predicted octanol–water partition coefficient (Wildman–Crippen LogP) is 2.65. The number of hydrogen-bond acceptors (Lipinski definition) is 3. The van der Waals surface area contributed by atoms with Crippen LogP contribution >= 0.6 is 11.6 Å². The highest BCUT2D eigenvalue weighted by Gasteiger charge is 2.26. The molecule has 0 saturated carbocycles. The summed E-state index contributed by atoms with van der Waals surface area (Å²) in [6, 6.07) is 5.16. The Morgan fingerprint density at radius 3 is 2.56 bits per heavy atom. The van der Waals surface area contributed by atoms with Crippen LogP contribution in [0.5, 0.6) is 0 Å². The van der Waals surface area contributed by atoms with Crippen LogP contribution in [-0.4, -0.2) is 36.4 Å². The topological polar surface area (TPSA) is 49.8 Å². The molecule has 0 aliphatic carbocycles. The molecule has 1 aromatic carbocycles. The lowest BCUT2D eigenvalue weighted by atomic mass is 10.1. The number of benzene rings is 1. The number of halogens is 1. The van der Waals surface area contributed by atoms with E-state index in [9.17, 15) is 9.90 Å². The number of ether oxygens (including phenoxy) is 1. The Labute approximate surface area is 111 Å². The Morgan fingerprint density at radius 1 is 1.39 bits per heavy atom. The van der Waals surface area contributed by atoms with Crippen molar-refractivity contribution >= 4 is 23.3 Å². The van der Waals surface area contributed by atoms with Crippen LogP contribution in [0.25, 0.3) is 0 Å². The van der Waals surface area contributed by atoms with Crippen LogP contribution in [0.15, 0.2) is 18.2 Å². The van der Waals surface area contributed by atoms with Gasteiger partial charge in [0.1, 0.15) is 5.56 Å². The molecule has 1 aromatic rings. The number of nitrogens with zero attached hydrogens (tertiary/aromatic N) is 1. The molecule has 0 radical (unpaired) electrons. The number of carbonyl (C=O) groups is 1. The van der Waals surface area contributed by atoms with Gasteiger partial charge in [-0.25, -0.2) is 4.79 Å². The van der Waals surface area contributed by atoms with E-state index in [0.717, 1.165) is 0 Å². The average Bonchev–Trinajstić information content (AvgIpc) is 2.26. The number of anilines is 1. The molecule has 5 heteroatoms. The lowest BCUT2D eigenvalue weighted by Gasteiger charge is -2.37. The zero-order chi connectivity index (χ0) is 13.3. The Kier molecular flexibility index (Phi) is 3.78. The van der Waals surface area contributed by atoms with Crippen molar-refractivity contribution in [3.63, 3.8) is 0 Å². The fourth-order valence-electron chi connectivity index (χ4n) is 2.36. The number of aromatic carboxylic acids is 1. The average molecular weight is 270 g/mol. The molecule has 2 rings (SSSR count). The molecule has 1 heterocycles. The number of rotatable bonds is 2. The first kappa shape index (κ1) is 13.2. The summed E-state index contributed by atoms with van der Waals surface area (Å²) in [5.41, 5.74) is 0.831. The summed E-state index contributed by atoms with van der Waals surface area (Å²) in [5.74, 6) is -0.998. The van der Waals surface area contributed by atoms with Crippen LogP contribution in [0.1, 0.15) is 24.2 Å². The normalized spacial score (nSPS) is 24.1. The Balaban J connectivity index is 2.38. The van der Waals surface area contributed by atoms with Crippen molar-refractivity contribution < 1.29 is 14.6 Å². The second kappa shape index (κ2) is 5.16. The number of carboxylic acids is 1. The van der Waals surface area contributed by atoms with Crippen molar-refractivity contribution in [2.45, 2.75) is 26.1 Å². The smallest absolute Gasteiger partial charge is 0.339 e. The third-order valence-electron chi connectivity index (χ3n) is 2.97. The van der Waals surface area contributed by atoms with Gasteiger partial charge < -0.3 is 14.7 Å². The largest absolute Gasteiger partial charge is 0.478 e. The van der Waals surface area contributed by atoms with E-state index in [1.807, 2.05) is 18.7 Å². The third-order valence-corrected chi connectivity index (χ3v) is 3.28. The summed E-state index contributed by atoms with van der Waals surface area (Å²) >= 11 is 5.98. The van der Waals surface area contributed by atoms with Gasteiger partial charge in [0.15, 0.2) is 0 Å². The minimum absolute atomic E-state index is 0.0781. The predicted molar refractivity (Wildman–Crippen MR) is 70.6 cm³/mol. The van der Waals surface area contributed by atoms with Crippen LogP contribution in [0.4, 0.5) is 5.69 Å². The number of morpholine rings is 1. The van der Waals surface area contributed by atoms with Gasteiger partial charge in [-0.3, -0.25) is 0 Å². The first-order valence-electron chi connectivity index (χ1n) is 5.91. The lowest BCUT2D eigenvalue weighted by molar-refractivity contribution is -0.00531. The molecule has 0 bridgehead atoms. The van der Waals surface area contributed by atoms with E-state index in [-0.39, 0.29) is 22.8 Å². The molecule has 2 atom stereocenters. The fourth-order valence-corrected chi connectivity index (χ4v) is 2.61. The first-order chi connectivity index (χ1) is 8.49. The van der Waals surface area contributed by atoms with Crippen LogP contribution in [0.2, 0.25) is 5.02 Å². The molecule has 0 amide bonds. The standard InChI is InChI=1S/C13H16ClNO3/c1-8-6-15(7-9(2)18-8)11-5-3-4-10(14)12(11)13(16)17/h3-5,8-9H,6-7H2,1-2H3,(H,16,17)/t8-,9+.